The summed E-state index contributed by atoms with van der Waals surface area (Å²) in [5.74, 6) is 1.74. The van der Waals surface area contributed by atoms with Crippen LogP contribution in [0.3, 0.4) is 0 Å². The molecule has 0 saturated heterocycles. The quantitative estimate of drug-likeness (QED) is 0.392. The van der Waals surface area contributed by atoms with Crippen molar-refractivity contribution in [3.63, 3.8) is 0 Å². The molecule has 0 spiro atoms. The van der Waals surface area contributed by atoms with Crippen molar-refractivity contribution in [2.24, 2.45) is 0 Å². The highest BCUT2D eigenvalue weighted by molar-refractivity contribution is 7.99. The zero-order chi connectivity index (χ0) is 22.3. The number of rotatable bonds is 9. The van der Waals surface area contributed by atoms with Gasteiger partial charge < -0.3 is 14.8 Å². The Kier molecular flexibility index (Phi) is 6.86. The Labute approximate surface area is 190 Å². The topological polar surface area (TPSA) is 90.6 Å². The number of fused-ring (bicyclic) bond motifs is 1. The number of ether oxygens (including phenoxy) is 2. The predicted molar refractivity (Wildman–Crippen MR) is 123 cm³/mol. The van der Waals surface area contributed by atoms with Gasteiger partial charge in [-0.05, 0) is 48.4 Å². The molecule has 0 saturated carbocycles. The summed E-state index contributed by atoms with van der Waals surface area (Å²) in [5.41, 5.74) is 3.45. The second-order valence-corrected chi connectivity index (χ2v) is 7.88. The van der Waals surface area contributed by atoms with Crippen LogP contribution in [0.15, 0.2) is 65.8 Å². The third-order valence-corrected chi connectivity index (χ3v) is 5.75. The zero-order valence-electron chi connectivity index (χ0n) is 17.8. The Hall–Kier alpha value is -3.59. The number of carbonyl (C=O) groups is 1. The first kappa shape index (κ1) is 21.6. The fourth-order valence-electron chi connectivity index (χ4n) is 3.12. The van der Waals surface area contributed by atoms with Gasteiger partial charge >= 0.3 is 0 Å². The smallest absolute Gasteiger partial charge is 0.230 e. The fourth-order valence-corrected chi connectivity index (χ4v) is 3.83. The lowest BCUT2D eigenvalue weighted by molar-refractivity contribution is -0.118. The molecule has 0 aliphatic heterocycles. The van der Waals surface area contributed by atoms with E-state index in [0.717, 1.165) is 34.7 Å². The molecule has 0 fully saturated rings. The van der Waals surface area contributed by atoms with Gasteiger partial charge in [-0.25, -0.2) is 0 Å². The third-order valence-electron chi connectivity index (χ3n) is 4.83. The Morgan fingerprint density at radius 2 is 1.81 bits per heavy atom. The van der Waals surface area contributed by atoms with Gasteiger partial charge in [-0.1, -0.05) is 36.0 Å². The maximum atomic E-state index is 12.3. The van der Waals surface area contributed by atoms with Gasteiger partial charge in [0.1, 0.15) is 11.5 Å². The van der Waals surface area contributed by atoms with Gasteiger partial charge in [0.25, 0.3) is 0 Å². The number of hydrogen-bond donors (Lipinski definition) is 1. The van der Waals surface area contributed by atoms with Crippen molar-refractivity contribution in [2.45, 2.75) is 11.6 Å². The van der Waals surface area contributed by atoms with E-state index in [2.05, 4.69) is 20.6 Å². The maximum Gasteiger partial charge on any atom is 0.230 e. The monoisotopic (exact) mass is 449 g/mol. The molecule has 0 aliphatic rings. The van der Waals surface area contributed by atoms with Gasteiger partial charge in [0, 0.05) is 12.1 Å². The van der Waals surface area contributed by atoms with Gasteiger partial charge in [0.15, 0.2) is 5.65 Å². The Morgan fingerprint density at radius 1 is 1.00 bits per heavy atom. The van der Waals surface area contributed by atoms with E-state index in [1.165, 1.54) is 11.8 Å². The van der Waals surface area contributed by atoms with Gasteiger partial charge in [-0.3, -0.25) is 4.79 Å². The fraction of sp³-hybridized carbons (Fsp3) is 0.217. The SMILES string of the molecule is COc1ccc(CCNC(=O)CSc2nnc3ccc(-c4cccc(OC)c4)nn23)cc1. The average Bonchev–Trinajstić information content (AvgIpc) is 3.25. The van der Waals surface area contributed by atoms with E-state index in [1.54, 1.807) is 18.7 Å². The summed E-state index contributed by atoms with van der Waals surface area (Å²) in [4.78, 5) is 12.3. The van der Waals surface area contributed by atoms with Crippen molar-refractivity contribution in [1.82, 2.24) is 25.1 Å². The number of nitrogens with one attached hydrogen (secondary N) is 1. The first-order valence-corrected chi connectivity index (χ1v) is 11.0. The van der Waals surface area contributed by atoms with Crippen molar-refractivity contribution in [1.29, 1.82) is 0 Å². The molecular weight excluding hydrogens is 426 g/mol. The Morgan fingerprint density at radius 3 is 2.59 bits per heavy atom. The molecule has 0 unspecified atom stereocenters. The number of carbonyl (C=O) groups excluding carboxylic acids is 1. The van der Waals surface area contributed by atoms with E-state index in [0.29, 0.717) is 17.3 Å². The molecule has 1 N–H and O–H groups in total. The number of benzene rings is 2. The molecule has 4 rings (SSSR count). The molecule has 32 heavy (non-hydrogen) atoms. The number of aromatic nitrogens is 4. The molecule has 0 atom stereocenters. The van der Waals surface area contributed by atoms with Crippen LogP contribution in [0.25, 0.3) is 16.9 Å². The highest BCUT2D eigenvalue weighted by Crippen LogP contribution is 2.23. The number of nitrogens with zero attached hydrogens (tertiary/aromatic N) is 4. The number of hydrogen-bond acceptors (Lipinski definition) is 7. The molecule has 2 aromatic heterocycles. The van der Waals surface area contributed by atoms with Crippen LogP contribution in [0.2, 0.25) is 0 Å². The van der Waals surface area contributed by atoms with Crippen LogP contribution in [-0.4, -0.2) is 52.2 Å². The lowest BCUT2D eigenvalue weighted by Crippen LogP contribution is -2.27. The summed E-state index contributed by atoms with van der Waals surface area (Å²) in [7, 11) is 3.27. The molecule has 2 aromatic carbocycles. The van der Waals surface area contributed by atoms with Crippen LogP contribution >= 0.6 is 11.8 Å². The first-order chi connectivity index (χ1) is 15.7. The van der Waals surface area contributed by atoms with E-state index >= 15 is 0 Å². The van der Waals surface area contributed by atoms with E-state index in [1.807, 2.05) is 60.7 Å². The molecule has 2 heterocycles. The normalized spacial score (nSPS) is 10.8. The van der Waals surface area contributed by atoms with Gasteiger partial charge in [-0.15, -0.1) is 10.2 Å². The lowest BCUT2D eigenvalue weighted by atomic mass is 10.1. The van der Waals surface area contributed by atoms with Crippen LogP contribution in [0.4, 0.5) is 0 Å². The Bertz CT molecular complexity index is 1210. The van der Waals surface area contributed by atoms with Crippen LogP contribution in [-0.2, 0) is 11.2 Å². The first-order valence-electron chi connectivity index (χ1n) is 10.1. The summed E-state index contributed by atoms with van der Waals surface area (Å²) in [6, 6.07) is 19.2. The van der Waals surface area contributed by atoms with Crippen molar-refractivity contribution >= 4 is 23.3 Å². The van der Waals surface area contributed by atoms with E-state index in [9.17, 15) is 4.79 Å². The maximum absolute atomic E-state index is 12.3. The zero-order valence-corrected chi connectivity index (χ0v) is 18.6. The van der Waals surface area contributed by atoms with Gasteiger partial charge in [0.2, 0.25) is 11.1 Å². The molecule has 1 amide bonds. The van der Waals surface area contributed by atoms with Gasteiger partial charge in [-0.2, -0.15) is 9.61 Å². The second kappa shape index (κ2) is 10.1. The standard InChI is InChI=1S/C23H23N5O3S/c1-30-18-8-6-16(7-9-18)12-13-24-22(29)15-32-23-26-25-21-11-10-20(27-28(21)23)17-4-3-5-19(14-17)31-2/h3-11,14H,12-13,15H2,1-2H3,(H,24,29). The molecule has 164 valence electrons. The summed E-state index contributed by atoms with van der Waals surface area (Å²) < 4.78 is 12.1. The number of methoxy groups -OCH3 is 2. The van der Waals surface area contributed by atoms with Crippen molar-refractivity contribution in [3.8, 4) is 22.8 Å². The molecule has 8 nitrogen and oxygen atoms in total. The number of thioether (sulfide) groups is 1. The van der Waals surface area contributed by atoms with Crippen molar-refractivity contribution in [2.75, 3.05) is 26.5 Å². The summed E-state index contributed by atoms with van der Waals surface area (Å²) >= 11 is 1.30. The highest BCUT2D eigenvalue weighted by Gasteiger charge is 2.12. The van der Waals surface area contributed by atoms with E-state index in [-0.39, 0.29) is 11.7 Å². The highest BCUT2D eigenvalue weighted by atomic mass is 32.2. The number of amides is 1. The van der Waals surface area contributed by atoms with Crippen molar-refractivity contribution in [3.05, 3.63) is 66.2 Å². The summed E-state index contributed by atoms with van der Waals surface area (Å²) in [6.07, 6.45) is 0.750. The molecular formula is C23H23N5O3S. The summed E-state index contributed by atoms with van der Waals surface area (Å²) in [5, 5.41) is 16.5. The molecule has 9 heteroatoms. The minimum atomic E-state index is -0.0655. The van der Waals surface area contributed by atoms with E-state index in [4.69, 9.17) is 9.47 Å². The largest absolute Gasteiger partial charge is 0.497 e. The van der Waals surface area contributed by atoms with Gasteiger partial charge in [0.05, 0.1) is 25.7 Å². The minimum Gasteiger partial charge on any atom is -0.497 e. The molecule has 4 aromatic rings. The van der Waals surface area contributed by atoms with E-state index < -0.39 is 0 Å². The van der Waals surface area contributed by atoms with Crippen LogP contribution in [0.5, 0.6) is 11.5 Å². The second-order valence-electron chi connectivity index (χ2n) is 6.94. The van der Waals surface area contributed by atoms with Crippen LogP contribution in [0, 0.1) is 0 Å². The molecule has 0 radical (unpaired) electrons. The molecule has 0 aliphatic carbocycles. The lowest BCUT2D eigenvalue weighted by Gasteiger charge is -2.06. The predicted octanol–water partition coefficient (Wildman–Crippen LogP) is 3.26. The minimum absolute atomic E-state index is 0.0655. The molecule has 0 bridgehead atoms. The van der Waals surface area contributed by atoms with Crippen LogP contribution in [0.1, 0.15) is 5.56 Å². The third kappa shape index (κ3) is 5.17. The summed E-state index contributed by atoms with van der Waals surface area (Å²) in [6.45, 7) is 0.560. The van der Waals surface area contributed by atoms with Crippen LogP contribution < -0.4 is 14.8 Å². The average molecular weight is 450 g/mol. The Balaban J connectivity index is 1.35. The van der Waals surface area contributed by atoms with Crippen molar-refractivity contribution < 1.29 is 14.3 Å².